The number of para-hydroxylation sites is 2. The van der Waals surface area contributed by atoms with Gasteiger partial charge in [0.1, 0.15) is 11.6 Å². The maximum atomic E-state index is 14.5. The van der Waals surface area contributed by atoms with Gasteiger partial charge in [-0.2, -0.15) is 9.78 Å². The van der Waals surface area contributed by atoms with E-state index in [2.05, 4.69) is 19.9 Å². The third kappa shape index (κ3) is 5.34. The lowest BCUT2D eigenvalue weighted by molar-refractivity contribution is 0.335. The summed E-state index contributed by atoms with van der Waals surface area (Å²) in [7, 11) is 0. The van der Waals surface area contributed by atoms with E-state index < -0.39 is 0 Å². The largest absolute Gasteiger partial charge is 0.494 e. The van der Waals surface area contributed by atoms with E-state index in [1.807, 2.05) is 79.2 Å². The lowest BCUT2D eigenvalue weighted by Gasteiger charge is -2.18. The topological polar surface area (TPSA) is 61.4 Å². The van der Waals surface area contributed by atoms with E-state index >= 15 is 0 Å². The van der Waals surface area contributed by atoms with Crippen LogP contribution in [0.1, 0.15) is 48.9 Å². The predicted molar refractivity (Wildman–Crippen MR) is 172 cm³/mol. The lowest BCUT2D eigenvalue weighted by Crippen LogP contribution is -2.20. The molecule has 0 aliphatic rings. The first kappa shape index (κ1) is 28.1. The summed E-state index contributed by atoms with van der Waals surface area (Å²) >= 11 is 0. The van der Waals surface area contributed by atoms with Gasteiger partial charge in [-0.15, -0.1) is 0 Å². The minimum absolute atomic E-state index is 0.200. The summed E-state index contributed by atoms with van der Waals surface area (Å²) in [5.41, 5.74) is 5.48. The summed E-state index contributed by atoms with van der Waals surface area (Å²) in [4.78, 5) is 18.9. The molecule has 0 unspecified atom stereocenters. The molecular formula is C36H33FN4O2. The fourth-order valence-electron chi connectivity index (χ4n) is 5.51. The van der Waals surface area contributed by atoms with Crippen molar-refractivity contribution in [1.82, 2.24) is 14.2 Å². The number of fused-ring (bicyclic) bond motifs is 2. The monoisotopic (exact) mass is 572 g/mol. The third-order valence-corrected chi connectivity index (χ3v) is 7.70. The molecule has 6 aromatic rings. The van der Waals surface area contributed by atoms with Gasteiger partial charge in [0.2, 0.25) is 0 Å². The van der Waals surface area contributed by atoms with Crippen LogP contribution in [0.25, 0.3) is 33.2 Å². The second-order valence-corrected chi connectivity index (χ2v) is 10.9. The molecule has 2 heterocycles. The summed E-state index contributed by atoms with van der Waals surface area (Å²) < 4.78 is 23.9. The molecule has 0 saturated carbocycles. The average Bonchev–Trinajstić information content (AvgIpc) is 3.35. The van der Waals surface area contributed by atoms with Gasteiger partial charge in [0.15, 0.2) is 5.82 Å². The summed E-state index contributed by atoms with van der Waals surface area (Å²) in [6.45, 7) is 9.13. The Labute approximate surface area is 249 Å². The number of aryl methyl sites for hydroxylation is 1. The molecule has 0 radical (unpaired) electrons. The normalized spacial score (nSPS) is 11.8. The van der Waals surface area contributed by atoms with Crippen LogP contribution in [0.2, 0.25) is 0 Å². The van der Waals surface area contributed by atoms with Gasteiger partial charge in [0.25, 0.3) is 5.56 Å². The zero-order valence-corrected chi connectivity index (χ0v) is 24.7. The molecule has 0 spiro atoms. The second kappa shape index (κ2) is 11.7. The first-order chi connectivity index (χ1) is 20.9. The number of aromatic nitrogens is 3. The predicted octanol–water partition coefficient (Wildman–Crippen LogP) is 7.92. The highest BCUT2D eigenvalue weighted by Gasteiger charge is 2.19. The van der Waals surface area contributed by atoms with Crippen LogP contribution in [0.4, 0.5) is 4.39 Å². The standard InChI is InChI=1S/C36H33FN4O2/c1-5-43-34-18-24(4)30(19-29(34)23(2)3)35-39-32-16-10-7-14-28(32)36(42)41(35)38-20-26-22-40(33-17-11-8-13-27(26)33)21-25-12-6-9-15-31(25)37/h6-20,22-23H,5,21H2,1-4H3. The number of rotatable bonds is 8. The van der Waals surface area contributed by atoms with Gasteiger partial charge in [0.05, 0.1) is 30.3 Å². The van der Waals surface area contributed by atoms with Crippen molar-refractivity contribution >= 4 is 28.0 Å². The van der Waals surface area contributed by atoms with E-state index in [4.69, 9.17) is 14.8 Å². The van der Waals surface area contributed by atoms with Crippen molar-refractivity contribution in [1.29, 1.82) is 0 Å². The van der Waals surface area contributed by atoms with Crippen LogP contribution in [0, 0.1) is 12.7 Å². The Morgan fingerprint density at radius 2 is 1.70 bits per heavy atom. The van der Waals surface area contributed by atoms with E-state index in [1.165, 1.54) is 10.7 Å². The van der Waals surface area contributed by atoms with Gasteiger partial charge >= 0.3 is 0 Å². The zero-order valence-electron chi connectivity index (χ0n) is 24.7. The molecule has 7 heteroatoms. The first-order valence-electron chi connectivity index (χ1n) is 14.5. The van der Waals surface area contributed by atoms with Crippen LogP contribution in [-0.4, -0.2) is 27.0 Å². The summed E-state index contributed by atoms with van der Waals surface area (Å²) in [6, 6.07) is 26.1. The summed E-state index contributed by atoms with van der Waals surface area (Å²) in [5.74, 6) is 1.24. The molecule has 2 aromatic heterocycles. The highest BCUT2D eigenvalue weighted by Crippen LogP contribution is 2.34. The molecule has 4 aromatic carbocycles. The van der Waals surface area contributed by atoms with Gasteiger partial charge in [-0.1, -0.05) is 62.4 Å². The smallest absolute Gasteiger partial charge is 0.282 e. The highest BCUT2D eigenvalue weighted by molar-refractivity contribution is 5.99. The molecule has 6 nitrogen and oxygen atoms in total. The Morgan fingerprint density at radius 1 is 0.977 bits per heavy atom. The lowest BCUT2D eigenvalue weighted by atomic mass is 9.96. The quantitative estimate of drug-likeness (QED) is 0.174. The van der Waals surface area contributed by atoms with Crippen molar-refractivity contribution in [3.05, 3.63) is 130 Å². The molecule has 0 aliphatic carbocycles. The van der Waals surface area contributed by atoms with Crippen molar-refractivity contribution in [3.63, 3.8) is 0 Å². The number of halogens is 1. The van der Waals surface area contributed by atoms with Gasteiger partial charge in [0, 0.05) is 33.8 Å². The van der Waals surface area contributed by atoms with E-state index in [1.54, 1.807) is 24.4 Å². The fraction of sp³-hybridized carbons (Fsp3) is 0.194. The molecule has 0 saturated heterocycles. The minimum Gasteiger partial charge on any atom is -0.494 e. The number of hydrogen-bond donors (Lipinski definition) is 0. The van der Waals surface area contributed by atoms with Gasteiger partial charge in [-0.3, -0.25) is 4.79 Å². The van der Waals surface area contributed by atoms with Crippen molar-refractivity contribution < 1.29 is 9.13 Å². The van der Waals surface area contributed by atoms with E-state index in [9.17, 15) is 9.18 Å². The average molecular weight is 573 g/mol. The second-order valence-electron chi connectivity index (χ2n) is 10.9. The number of nitrogens with zero attached hydrogens (tertiary/aromatic N) is 4. The maximum absolute atomic E-state index is 14.5. The van der Waals surface area contributed by atoms with Crippen molar-refractivity contribution in [2.75, 3.05) is 6.61 Å². The van der Waals surface area contributed by atoms with E-state index in [0.29, 0.717) is 35.4 Å². The molecule has 6 rings (SSSR count). The summed E-state index contributed by atoms with van der Waals surface area (Å²) in [6.07, 6.45) is 3.63. The van der Waals surface area contributed by atoms with Gasteiger partial charge in [-0.05, 0) is 67.3 Å². The number of benzene rings is 4. The Bertz CT molecular complexity index is 2060. The van der Waals surface area contributed by atoms with Crippen LogP contribution in [0.15, 0.2) is 101 Å². The van der Waals surface area contributed by atoms with E-state index in [-0.39, 0.29) is 17.3 Å². The minimum atomic E-state index is -0.258. The third-order valence-electron chi connectivity index (χ3n) is 7.70. The summed E-state index contributed by atoms with van der Waals surface area (Å²) in [5, 5.41) is 6.20. The molecule has 0 fully saturated rings. The Kier molecular flexibility index (Phi) is 7.63. The Hall–Kier alpha value is -5.04. The fourth-order valence-corrected chi connectivity index (χ4v) is 5.51. The molecule has 43 heavy (non-hydrogen) atoms. The van der Waals surface area contributed by atoms with Crippen LogP contribution < -0.4 is 10.3 Å². The van der Waals surface area contributed by atoms with Gasteiger partial charge in [-0.25, -0.2) is 9.37 Å². The molecule has 0 atom stereocenters. The van der Waals surface area contributed by atoms with Gasteiger partial charge < -0.3 is 9.30 Å². The molecule has 0 aliphatic heterocycles. The maximum Gasteiger partial charge on any atom is 0.282 e. The molecule has 0 amide bonds. The molecule has 0 bridgehead atoms. The van der Waals surface area contributed by atoms with Crippen molar-refractivity contribution in [3.8, 4) is 17.1 Å². The molecule has 216 valence electrons. The van der Waals surface area contributed by atoms with Crippen molar-refractivity contribution in [2.45, 2.75) is 40.2 Å². The zero-order chi connectivity index (χ0) is 30.1. The first-order valence-corrected chi connectivity index (χ1v) is 14.5. The molecular weight excluding hydrogens is 539 g/mol. The van der Waals surface area contributed by atoms with E-state index in [0.717, 1.165) is 38.9 Å². The van der Waals surface area contributed by atoms with Crippen molar-refractivity contribution in [2.24, 2.45) is 5.10 Å². The highest BCUT2D eigenvalue weighted by atomic mass is 19.1. The number of ether oxygens (including phenoxy) is 1. The van der Waals surface area contributed by atoms with Crippen LogP contribution in [0.5, 0.6) is 5.75 Å². The molecule has 0 N–H and O–H groups in total. The Balaban J connectivity index is 1.52. The SMILES string of the molecule is CCOc1cc(C)c(-c2nc3ccccc3c(=O)n2N=Cc2cn(Cc3ccccc3F)c3ccccc23)cc1C(C)C. The van der Waals surface area contributed by atoms with Crippen LogP contribution >= 0.6 is 0 Å². The Morgan fingerprint density at radius 3 is 2.47 bits per heavy atom. The van der Waals surface area contributed by atoms with Crippen LogP contribution in [0.3, 0.4) is 0 Å². The van der Waals surface area contributed by atoms with Crippen LogP contribution in [-0.2, 0) is 6.54 Å². The number of hydrogen-bond acceptors (Lipinski definition) is 4.